The van der Waals surface area contributed by atoms with E-state index >= 15 is 0 Å². The van der Waals surface area contributed by atoms with Gasteiger partial charge >= 0.3 is 0 Å². The summed E-state index contributed by atoms with van der Waals surface area (Å²) in [4.78, 5) is 15.6. The van der Waals surface area contributed by atoms with Gasteiger partial charge in [0.25, 0.3) is 10.0 Å². The van der Waals surface area contributed by atoms with Crippen molar-refractivity contribution >= 4 is 38.1 Å². The summed E-state index contributed by atoms with van der Waals surface area (Å²) in [6.07, 6.45) is 0. The van der Waals surface area contributed by atoms with Gasteiger partial charge in [0.2, 0.25) is 5.91 Å². The van der Waals surface area contributed by atoms with Gasteiger partial charge < -0.3 is 5.32 Å². The lowest BCUT2D eigenvalue weighted by atomic mass is 10.1. The van der Waals surface area contributed by atoms with Gasteiger partial charge in [0, 0.05) is 23.6 Å². The van der Waals surface area contributed by atoms with Gasteiger partial charge in [-0.1, -0.05) is 30.3 Å². The molecule has 0 unspecified atom stereocenters. The fourth-order valence-electron chi connectivity index (χ4n) is 2.17. The van der Waals surface area contributed by atoms with Gasteiger partial charge in [0.15, 0.2) is 5.13 Å². The van der Waals surface area contributed by atoms with Crippen molar-refractivity contribution in [2.75, 3.05) is 10.0 Å². The predicted octanol–water partition coefficient (Wildman–Crippen LogP) is 3.57. The lowest BCUT2D eigenvalue weighted by Gasteiger charge is -2.09. The minimum Gasteiger partial charge on any atom is -0.302 e. The highest BCUT2D eigenvalue weighted by Gasteiger charge is 2.14. The third-order valence-corrected chi connectivity index (χ3v) is 5.41. The average molecular weight is 373 g/mol. The molecule has 0 fully saturated rings. The van der Waals surface area contributed by atoms with Crippen molar-refractivity contribution < 1.29 is 13.2 Å². The molecule has 0 aliphatic rings. The van der Waals surface area contributed by atoms with Gasteiger partial charge in [-0.3, -0.25) is 9.52 Å². The number of anilines is 2. The number of hydrogen-bond acceptors (Lipinski definition) is 5. The smallest absolute Gasteiger partial charge is 0.261 e. The van der Waals surface area contributed by atoms with E-state index in [0.717, 1.165) is 5.56 Å². The van der Waals surface area contributed by atoms with E-state index in [1.807, 2.05) is 6.07 Å². The summed E-state index contributed by atoms with van der Waals surface area (Å²) in [5.41, 5.74) is 1.85. The van der Waals surface area contributed by atoms with Crippen LogP contribution in [-0.2, 0) is 14.8 Å². The predicted molar refractivity (Wildman–Crippen MR) is 99.1 cm³/mol. The second-order valence-electron chi connectivity index (χ2n) is 5.22. The quantitative estimate of drug-likeness (QED) is 0.716. The molecule has 3 aromatic rings. The van der Waals surface area contributed by atoms with Crippen molar-refractivity contribution in [3.63, 3.8) is 0 Å². The second-order valence-corrected chi connectivity index (χ2v) is 7.76. The number of hydrogen-bond donors (Lipinski definition) is 2. The summed E-state index contributed by atoms with van der Waals surface area (Å²) in [7, 11) is -3.65. The highest BCUT2D eigenvalue weighted by molar-refractivity contribution is 7.92. The van der Waals surface area contributed by atoms with Crippen molar-refractivity contribution in [3.05, 3.63) is 60.0 Å². The van der Waals surface area contributed by atoms with E-state index in [9.17, 15) is 13.2 Å². The van der Waals surface area contributed by atoms with Crippen LogP contribution in [0.1, 0.15) is 6.92 Å². The lowest BCUT2D eigenvalue weighted by molar-refractivity contribution is -0.114. The van der Waals surface area contributed by atoms with Crippen LogP contribution in [0.5, 0.6) is 0 Å². The van der Waals surface area contributed by atoms with Gasteiger partial charge in [-0.2, -0.15) is 0 Å². The Morgan fingerprint density at radius 2 is 1.84 bits per heavy atom. The van der Waals surface area contributed by atoms with Crippen LogP contribution < -0.4 is 10.0 Å². The summed E-state index contributed by atoms with van der Waals surface area (Å²) in [5, 5.41) is 4.93. The van der Waals surface area contributed by atoms with Crippen molar-refractivity contribution in [2.24, 2.45) is 0 Å². The maximum Gasteiger partial charge on any atom is 0.261 e. The molecular formula is C17H15N3O3S2. The molecule has 1 heterocycles. The number of nitrogens with one attached hydrogen (secondary N) is 2. The molecule has 8 heteroatoms. The highest BCUT2D eigenvalue weighted by Crippen LogP contribution is 2.27. The molecule has 128 valence electrons. The van der Waals surface area contributed by atoms with Crippen LogP contribution in [0.4, 0.5) is 10.8 Å². The zero-order valence-electron chi connectivity index (χ0n) is 13.3. The van der Waals surface area contributed by atoms with Gasteiger partial charge in [0.05, 0.1) is 10.6 Å². The topological polar surface area (TPSA) is 88.2 Å². The molecule has 1 amide bonds. The number of carbonyl (C=O) groups is 1. The monoisotopic (exact) mass is 373 g/mol. The Bertz CT molecular complexity index is 999. The Balaban J connectivity index is 1.85. The first-order chi connectivity index (χ1) is 11.9. The number of nitrogens with zero attached hydrogens (tertiary/aromatic N) is 1. The fraction of sp³-hybridized carbons (Fsp3) is 0.0588. The normalized spacial score (nSPS) is 11.1. The third-order valence-electron chi connectivity index (χ3n) is 3.25. The minimum absolute atomic E-state index is 0.190. The standard InChI is InChI=1S/C17H15N3O3S2/c1-12(21)18-17-19-16(11-24-17)13-6-5-7-14(10-13)20-25(22,23)15-8-3-2-4-9-15/h2-11,20H,1H3,(H,18,19,21). The first-order valence-electron chi connectivity index (χ1n) is 7.35. The molecule has 0 aliphatic carbocycles. The number of carbonyl (C=O) groups excluding carboxylic acids is 1. The van der Waals surface area contributed by atoms with Gasteiger partial charge in [-0.05, 0) is 24.3 Å². The molecule has 0 saturated carbocycles. The highest BCUT2D eigenvalue weighted by atomic mass is 32.2. The maximum absolute atomic E-state index is 12.4. The van der Waals surface area contributed by atoms with Crippen LogP contribution in [0.3, 0.4) is 0 Å². The van der Waals surface area contributed by atoms with E-state index in [2.05, 4.69) is 15.0 Å². The van der Waals surface area contributed by atoms with Crippen LogP contribution >= 0.6 is 11.3 Å². The van der Waals surface area contributed by atoms with Crippen molar-refractivity contribution in [1.29, 1.82) is 0 Å². The van der Waals surface area contributed by atoms with Gasteiger partial charge in [-0.15, -0.1) is 11.3 Å². The van der Waals surface area contributed by atoms with E-state index in [1.54, 1.807) is 41.8 Å². The van der Waals surface area contributed by atoms with E-state index in [-0.39, 0.29) is 10.8 Å². The van der Waals surface area contributed by atoms with Crippen LogP contribution in [-0.4, -0.2) is 19.3 Å². The summed E-state index contributed by atoms with van der Waals surface area (Å²) in [5.74, 6) is -0.190. The van der Waals surface area contributed by atoms with Gasteiger partial charge in [0.1, 0.15) is 0 Å². The van der Waals surface area contributed by atoms with Crippen LogP contribution in [0.25, 0.3) is 11.3 Å². The van der Waals surface area contributed by atoms with Gasteiger partial charge in [-0.25, -0.2) is 13.4 Å². The maximum atomic E-state index is 12.4. The zero-order chi connectivity index (χ0) is 17.9. The molecule has 2 aromatic carbocycles. The van der Waals surface area contributed by atoms with E-state index in [0.29, 0.717) is 16.5 Å². The Hall–Kier alpha value is -2.71. The molecule has 0 bridgehead atoms. The number of rotatable bonds is 5. The number of sulfonamides is 1. The molecule has 6 nitrogen and oxygen atoms in total. The molecular weight excluding hydrogens is 358 g/mol. The average Bonchev–Trinajstić information content (AvgIpc) is 3.03. The number of benzene rings is 2. The largest absolute Gasteiger partial charge is 0.302 e. The molecule has 0 radical (unpaired) electrons. The van der Waals surface area contributed by atoms with E-state index < -0.39 is 10.0 Å². The zero-order valence-corrected chi connectivity index (χ0v) is 14.9. The van der Waals surface area contributed by atoms with Crippen molar-refractivity contribution in [1.82, 2.24) is 4.98 Å². The first-order valence-corrected chi connectivity index (χ1v) is 9.72. The molecule has 2 N–H and O–H groups in total. The summed E-state index contributed by atoms with van der Waals surface area (Å²) >= 11 is 1.31. The SMILES string of the molecule is CC(=O)Nc1nc(-c2cccc(NS(=O)(=O)c3ccccc3)c2)cs1. The van der Waals surface area contributed by atoms with Crippen molar-refractivity contribution in [2.45, 2.75) is 11.8 Å². The van der Waals surface area contributed by atoms with E-state index in [4.69, 9.17) is 0 Å². The Labute approximate surface area is 149 Å². The van der Waals surface area contributed by atoms with Crippen LogP contribution in [0.15, 0.2) is 64.9 Å². The molecule has 0 saturated heterocycles. The van der Waals surface area contributed by atoms with E-state index in [1.165, 1.54) is 30.4 Å². The van der Waals surface area contributed by atoms with Crippen LogP contribution in [0.2, 0.25) is 0 Å². The summed E-state index contributed by atoms with van der Waals surface area (Å²) in [6, 6.07) is 15.1. The molecule has 1 aromatic heterocycles. The Morgan fingerprint density at radius 3 is 2.56 bits per heavy atom. The molecule has 25 heavy (non-hydrogen) atoms. The summed E-state index contributed by atoms with van der Waals surface area (Å²) in [6.45, 7) is 1.42. The van der Waals surface area contributed by atoms with Crippen molar-refractivity contribution in [3.8, 4) is 11.3 Å². The fourth-order valence-corrected chi connectivity index (χ4v) is 4.01. The lowest BCUT2D eigenvalue weighted by Crippen LogP contribution is -2.12. The molecule has 3 rings (SSSR count). The second kappa shape index (κ2) is 7.04. The Morgan fingerprint density at radius 1 is 1.08 bits per heavy atom. The number of thiazole rings is 1. The number of amides is 1. The van der Waals surface area contributed by atoms with Crippen LogP contribution in [0, 0.1) is 0 Å². The Kier molecular flexibility index (Phi) is 4.82. The minimum atomic E-state index is -3.65. The molecule has 0 spiro atoms. The third kappa shape index (κ3) is 4.23. The molecule has 0 atom stereocenters. The first kappa shape index (κ1) is 17.1. The molecule has 0 aliphatic heterocycles. The summed E-state index contributed by atoms with van der Waals surface area (Å²) < 4.78 is 27.4. The number of aromatic nitrogens is 1.